The molecule has 1 aliphatic carbocycles. The second-order valence-electron chi connectivity index (χ2n) is 7.36. The maximum Gasteiger partial charge on any atom is 0.295 e. The predicted octanol–water partition coefficient (Wildman–Crippen LogP) is 5.16. The van der Waals surface area contributed by atoms with Crippen LogP contribution in [-0.4, -0.2) is 34.8 Å². The number of nitrogens with zero attached hydrogens (tertiary/aromatic N) is 1. The monoisotopic (exact) mass is 431 g/mol. The molecule has 0 spiro atoms. The molecular weight excluding hydrogens is 410 g/mol. The number of aliphatic hydroxyl groups excluding tert-OH is 1. The quantitative estimate of drug-likeness (QED) is 0.412. The first-order chi connectivity index (χ1) is 14.0. The minimum atomic E-state index is -0.662. The SMILES string of the molecule is COc1ccc(Cl)c(/C(O)=C2/C(=O)C(=O)N(C3CCCCC3)C2c2cccs2)c1. The minimum Gasteiger partial charge on any atom is -0.507 e. The Morgan fingerprint density at radius 3 is 2.62 bits per heavy atom. The lowest BCUT2D eigenvalue weighted by Crippen LogP contribution is -2.40. The van der Waals surface area contributed by atoms with Crippen molar-refractivity contribution < 1.29 is 19.4 Å². The van der Waals surface area contributed by atoms with E-state index < -0.39 is 17.7 Å². The number of halogens is 1. The van der Waals surface area contributed by atoms with Crippen molar-refractivity contribution in [3.8, 4) is 5.75 Å². The van der Waals surface area contributed by atoms with Gasteiger partial charge in [-0.05, 0) is 42.5 Å². The number of ketones is 1. The van der Waals surface area contributed by atoms with Crippen LogP contribution in [0.1, 0.15) is 48.6 Å². The number of carbonyl (C=O) groups excluding carboxylic acids is 2. The van der Waals surface area contributed by atoms with E-state index in [1.54, 1.807) is 23.1 Å². The van der Waals surface area contributed by atoms with Crippen LogP contribution < -0.4 is 4.74 Å². The van der Waals surface area contributed by atoms with Crippen molar-refractivity contribution >= 4 is 40.4 Å². The Balaban J connectivity index is 1.87. The van der Waals surface area contributed by atoms with E-state index in [1.807, 2.05) is 17.5 Å². The molecule has 1 aromatic carbocycles. The molecule has 1 amide bonds. The van der Waals surface area contributed by atoms with Gasteiger partial charge >= 0.3 is 0 Å². The number of thiophene rings is 1. The molecule has 1 saturated heterocycles. The lowest BCUT2D eigenvalue weighted by Gasteiger charge is -2.34. The van der Waals surface area contributed by atoms with E-state index in [9.17, 15) is 14.7 Å². The summed E-state index contributed by atoms with van der Waals surface area (Å²) in [5, 5.41) is 13.3. The van der Waals surface area contributed by atoms with Crippen LogP contribution in [-0.2, 0) is 9.59 Å². The van der Waals surface area contributed by atoms with Crippen molar-refractivity contribution in [3.05, 3.63) is 56.7 Å². The normalized spacial score (nSPS) is 22.3. The third-order valence-corrected chi connectivity index (χ3v) is 6.94. The highest BCUT2D eigenvalue weighted by molar-refractivity contribution is 7.10. The molecule has 2 aliphatic rings. The minimum absolute atomic E-state index is 0.00150. The third-order valence-electron chi connectivity index (χ3n) is 5.69. The second-order valence-corrected chi connectivity index (χ2v) is 8.75. The number of hydrogen-bond acceptors (Lipinski definition) is 5. The largest absolute Gasteiger partial charge is 0.507 e. The fourth-order valence-corrected chi connectivity index (χ4v) is 5.31. The van der Waals surface area contributed by atoms with Gasteiger partial charge in [-0.3, -0.25) is 9.59 Å². The number of likely N-dealkylation sites (tertiary alicyclic amines) is 1. The van der Waals surface area contributed by atoms with Gasteiger partial charge < -0.3 is 14.7 Å². The number of rotatable bonds is 4. The lowest BCUT2D eigenvalue weighted by molar-refractivity contribution is -0.141. The third kappa shape index (κ3) is 3.55. The summed E-state index contributed by atoms with van der Waals surface area (Å²) in [6.45, 7) is 0. The molecule has 2 aromatic rings. The van der Waals surface area contributed by atoms with E-state index in [-0.39, 0.29) is 28.0 Å². The van der Waals surface area contributed by atoms with E-state index in [0.29, 0.717) is 5.75 Å². The second kappa shape index (κ2) is 8.20. The summed E-state index contributed by atoms with van der Waals surface area (Å²) in [6.07, 6.45) is 4.95. The molecule has 0 bridgehead atoms. The van der Waals surface area contributed by atoms with Gasteiger partial charge in [0.05, 0.1) is 23.7 Å². The van der Waals surface area contributed by atoms with E-state index in [1.165, 1.54) is 18.4 Å². The maximum atomic E-state index is 13.1. The summed E-state index contributed by atoms with van der Waals surface area (Å²) < 4.78 is 5.23. The first kappa shape index (κ1) is 20.0. The molecule has 4 rings (SSSR count). The highest BCUT2D eigenvalue weighted by Crippen LogP contribution is 2.45. The number of Topliss-reactive ketones (excluding diaryl/α,β-unsaturated/α-hetero) is 1. The van der Waals surface area contributed by atoms with E-state index >= 15 is 0 Å². The van der Waals surface area contributed by atoms with Crippen LogP contribution in [0.15, 0.2) is 41.3 Å². The first-order valence-corrected chi connectivity index (χ1v) is 11.0. The van der Waals surface area contributed by atoms with Crippen LogP contribution >= 0.6 is 22.9 Å². The molecule has 1 aliphatic heterocycles. The van der Waals surface area contributed by atoms with Gasteiger partial charge in [0, 0.05) is 16.5 Å². The number of amides is 1. The molecule has 2 heterocycles. The zero-order valence-electron chi connectivity index (χ0n) is 16.1. The Labute approximate surface area is 178 Å². The van der Waals surface area contributed by atoms with Gasteiger partial charge in [-0.15, -0.1) is 11.3 Å². The van der Waals surface area contributed by atoms with E-state index in [4.69, 9.17) is 16.3 Å². The molecule has 29 heavy (non-hydrogen) atoms. The number of benzene rings is 1. The topological polar surface area (TPSA) is 66.8 Å². The van der Waals surface area contributed by atoms with Crippen LogP contribution in [0, 0.1) is 0 Å². The van der Waals surface area contributed by atoms with Crippen LogP contribution in [0.3, 0.4) is 0 Å². The Bertz CT molecular complexity index is 963. The summed E-state index contributed by atoms with van der Waals surface area (Å²) in [6, 6.07) is 8.05. The van der Waals surface area contributed by atoms with Gasteiger partial charge in [0.15, 0.2) is 0 Å². The average molecular weight is 432 g/mol. The van der Waals surface area contributed by atoms with Crippen LogP contribution in [0.25, 0.3) is 5.76 Å². The van der Waals surface area contributed by atoms with Gasteiger partial charge in [0.1, 0.15) is 11.5 Å². The van der Waals surface area contributed by atoms with Gasteiger partial charge in [-0.2, -0.15) is 0 Å². The number of ether oxygens (including phenoxy) is 1. The number of aliphatic hydroxyl groups is 1. The van der Waals surface area contributed by atoms with Crippen molar-refractivity contribution in [2.24, 2.45) is 0 Å². The summed E-state index contributed by atoms with van der Waals surface area (Å²) in [5.41, 5.74) is 0.382. The number of carbonyl (C=O) groups is 2. The molecule has 152 valence electrons. The van der Waals surface area contributed by atoms with Crippen LogP contribution in [0.4, 0.5) is 0 Å². The Morgan fingerprint density at radius 1 is 1.21 bits per heavy atom. The molecule has 1 atom stereocenters. The molecule has 0 radical (unpaired) electrons. The molecule has 7 heteroatoms. The summed E-state index contributed by atoms with van der Waals surface area (Å²) in [7, 11) is 1.51. The van der Waals surface area contributed by atoms with Crippen molar-refractivity contribution in [3.63, 3.8) is 0 Å². The molecule has 1 N–H and O–H groups in total. The molecule has 1 aromatic heterocycles. The molecule has 2 fully saturated rings. The van der Waals surface area contributed by atoms with Crippen molar-refractivity contribution in [1.29, 1.82) is 0 Å². The van der Waals surface area contributed by atoms with Crippen molar-refractivity contribution in [2.75, 3.05) is 7.11 Å². The Kier molecular flexibility index (Phi) is 5.65. The first-order valence-electron chi connectivity index (χ1n) is 9.70. The summed E-state index contributed by atoms with van der Waals surface area (Å²) in [4.78, 5) is 28.7. The predicted molar refractivity (Wildman–Crippen MR) is 113 cm³/mol. The zero-order valence-corrected chi connectivity index (χ0v) is 17.6. The number of hydrogen-bond donors (Lipinski definition) is 1. The molecular formula is C22H22ClNO4S. The summed E-state index contributed by atoms with van der Waals surface area (Å²) in [5.74, 6) is -0.963. The fraction of sp³-hybridized carbons (Fsp3) is 0.364. The molecule has 1 saturated carbocycles. The standard InChI is InChI=1S/C22H22ClNO4S/c1-28-14-9-10-16(23)15(12-14)20(25)18-19(17-8-5-11-29-17)24(22(27)21(18)26)13-6-3-2-4-7-13/h5,8-13,19,25H,2-4,6-7H2,1H3/b20-18-. The van der Waals surface area contributed by atoms with Gasteiger partial charge in [0.25, 0.3) is 11.7 Å². The number of methoxy groups -OCH3 is 1. The van der Waals surface area contributed by atoms with E-state index in [2.05, 4.69) is 0 Å². The highest BCUT2D eigenvalue weighted by atomic mass is 35.5. The van der Waals surface area contributed by atoms with Crippen molar-refractivity contribution in [2.45, 2.75) is 44.2 Å². The Morgan fingerprint density at radius 2 is 1.97 bits per heavy atom. The highest BCUT2D eigenvalue weighted by Gasteiger charge is 2.49. The zero-order chi connectivity index (χ0) is 20.5. The molecule has 5 nitrogen and oxygen atoms in total. The van der Waals surface area contributed by atoms with Crippen molar-refractivity contribution in [1.82, 2.24) is 4.90 Å². The van der Waals surface area contributed by atoms with Gasteiger partial charge in [0.2, 0.25) is 0 Å². The average Bonchev–Trinajstić information content (AvgIpc) is 3.36. The van der Waals surface area contributed by atoms with E-state index in [0.717, 1.165) is 37.0 Å². The Hall–Kier alpha value is -2.31. The maximum absolute atomic E-state index is 13.1. The van der Waals surface area contributed by atoms with Gasteiger partial charge in [-0.1, -0.05) is 36.9 Å². The summed E-state index contributed by atoms with van der Waals surface area (Å²) >= 11 is 7.78. The molecule has 1 unspecified atom stereocenters. The smallest absolute Gasteiger partial charge is 0.295 e. The van der Waals surface area contributed by atoms with Crippen LogP contribution in [0.2, 0.25) is 5.02 Å². The van der Waals surface area contributed by atoms with Gasteiger partial charge in [-0.25, -0.2) is 0 Å². The fourth-order valence-electron chi connectivity index (χ4n) is 4.27. The lowest BCUT2D eigenvalue weighted by atomic mass is 9.92. The van der Waals surface area contributed by atoms with Crippen LogP contribution in [0.5, 0.6) is 5.75 Å².